The fourth-order valence-electron chi connectivity index (χ4n) is 4.74. The first-order valence-electron chi connectivity index (χ1n) is 9.24. The van der Waals surface area contributed by atoms with E-state index in [9.17, 15) is 9.90 Å². The van der Waals surface area contributed by atoms with Crippen LogP contribution in [0.5, 0.6) is 0 Å². The Morgan fingerprint density at radius 1 is 1.35 bits per heavy atom. The lowest BCUT2D eigenvalue weighted by molar-refractivity contribution is -0.0824. The predicted molar refractivity (Wildman–Crippen MR) is 96.2 cm³/mol. The van der Waals surface area contributed by atoms with Gasteiger partial charge in [0.15, 0.2) is 5.65 Å². The molecule has 2 fully saturated rings. The SMILES string of the molecule is CO[C@@]12CCC(O)CC1N(C(=O)c1c(C)nn3c(C)cc(C)nc13)CC2. The molecule has 0 aromatic carbocycles. The monoisotopic (exact) mass is 358 g/mol. The molecule has 140 valence electrons. The Balaban J connectivity index is 1.77. The largest absolute Gasteiger partial charge is 0.393 e. The average molecular weight is 358 g/mol. The van der Waals surface area contributed by atoms with Crippen LogP contribution in [0.2, 0.25) is 0 Å². The molecule has 1 amide bonds. The maximum absolute atomic E-state index is 13.5. The molecule has 1 aliphatic carbocycles. The molecular formula is C19H26N4O3. The van der Waals surface area contributed by atoms with E-state index in [2.05, 4.69) is 10.1 Å². The van der Waals surface area contributed by atoms with Gasteiger partial charge in [-0.1, -0.05) is 0 Å². The number of hydrogen-bond donors (Lipinski definition) is 1. The molecule has 1 N–H and O–H groups in total. The van der Waals surface area contributed by atoms with Crippen molar-refractivity contribution >= 4 is 11.6 Å². The molecule has 7 heteroatoms. The second kappa shape index (κ2) is 6.03. The van der Waals surface area contributed by atoms with Gasteiger partial charge in [-0.3, -0.25) is 4.79 Å². The van der Waals surface area contributed by atoms with E-state index in [4.69, 9.17) is 4.74 Å². The highest BCUT2D eigenvalue weighted by Gasteiger charge is 2.52. The molecule has 0 bridgehead atoms. The molecule has 2 unspecified atom stereocenters. The Hall–Kier alpha value is -1.99. The van der Waals surface area contributed by atoms with E-state index in [0.29, 0.717) is 29.9 Å². The van der Waals surface area contributed by atoms with Gasteiger partial charge in [-0.05, 0) is 52.5 Å². The van der Waals surface area contributed by atoms with Crippen LogP contribution in [0.1, 0.15) is 53.1 Å². The van der Waals surface area contributed by atoms with Crippen molar-refractivity contribution in [1.29, 1.82) is 0 Å². The maximum atomic E-state index is 13.5. The number of likely N-dealkylation sites (tertiary alicyclic amines) is 1. The van der Waals surface area contributed by atoms with E-state index in [1.807, 2.05) is 31.7 Å². The van der Waals surface area contributed by atoms with Crippen molar-refractivity contribution in [2.45, 2.75) is 64.2 Å². The molecule has 7 nitrogen and oxygen atoms in total. The number of ether oxygens (including phenoxy) is 1. The quantitative estimate of drug-likeness (QED) is 0.885. The highest BCUT2D eigenvalue weighted by atomic mass is 16.5. The zero-order valence-corrected chi connectivity index (χ0v) is 15.8. The Kier molecular flexibility index (Phi) is 4.04. The smallest absolute Gasteiger partial charge is 0.259 e. The summed E-state index contributed by atoms with van der Waals surface area (Å²) < 4.78 is 7.60. The van der Waals surface area contributed by atoms with Gasteiger partial charge in [-0.15, -0.1) is 0 Å². The zero-order valence-electron chi connectivity index (χ0n) is 15.8. The summed E-state index contributed by atoms with van der Waals surface area (Å²) in [5.74, 6) is -0.0620. The molecule has 1 saturated carbocycles. The number of aliphatic hydroxyl groups is 1. The lowest BCUT2D eigenvalue weighted by atomic mass is 9.79. The molecule has 1 aliphatic heterocycles. The number of fused-ring (bicyclic) bond motifs is 2. The van der Waals surface area contributed by atoms with E-state index >= 15 is 0 Å². The number of carbonyl (C=O) groups excluding carboxylic acids is 1. The summed E-state index contributed by atoms with van der Waals surface area (Å²) in [5.41, 5.74) is 3.33. The number of aliphatic hydroxyl groups excluding tert-OH is 1. The fraction of sp³-hybridized carbons (Fsp3) is 0.632. The molecule has 1 saturated heterocycles. The third-order valence-electron chi connectivity index (χ3n) is 6.11. The summed E-state index contributed by atoms with van der Waals surface area (Å²) in [7, 11) is 1.72. The first kappa shape index (κ1) is 17.4. The van der Waals surface area contributed by atoms with Gasteiger partial charge in [0.25, 0.3) is 5.91 Å². The van der Waals surface area contributed by atoms with Crippen LogP contribution in [0.25, 0.3) is 5.65 Å². The topological polar surface area (TPSA) is 80.0 Å². The van der Waals surface area contributed by atoms with Gasteiger partial charge in [-0.2, -0.15) is 5.10 Å². The van der Waals surface area contributed by atoms with E-state index < -0.39 is 0 Å². The second-order valence-electron chi connectivity index (χ2n) is 7.70. The van der Waals surface area contributed by atoms with Gasteiger partial charge in [0.1, 0.15) is 5.56 Å². The maximum Gasteiger partial charge on any atom is 0.259 e. The predicted octanol–water partition coefficient (Wildman–Crippen LogP) is 1.80. The number of methoxy groups -OCH3 is 1. The summed E-state index contributed by atoms with van der Waals surface area (Å²) in [5, 5.41) is 14.7. The first-order chi connectivity index (χ1) is 12.4. The molecule has 2 aliphatic rings. The van der Waals surface area contributed by atoms with Crippen molar-refractivity contribution in [2.75, 3.05) is 13.7 Å². The minimum absolute atomic E-state index is 0.0620. The van der Waals surface area contributed by atoms with Crippen LogP contribution in [-0.2, 0) is 4.74 Å². The van der Waals surface area contributed by atoms with Crippen LogP contribution >= 0.6 is 0 Å². The third kappa shape index (κ3) is 2.45. The molecule has 0 spiro atoms. The minimum atomic E-state index is -0.385. The lowest BCUT2D eigenvalue weighted by Crippen LogP contribution is -2.52. The Bertz CT molecular complexity index is 877. The van der Waals surface area contributed by atoms with E-state index in [1.165, 1.54) is 0 Å². The number of amides is 1. The van der Waals surface area contributed by atoms with Gasteiger partial charge < -0.3 is 14.7 Å². The third-order valence-corrected chi connectivity index (χ3v) is 6.11. The first-order valence-corrected chi connectivity index (χ1v) is 9.24. The average Bonchev–Trinajstić information content (AvgIpc) is 3.12. The number of carbonyl (C=O) groups is 1. The van der Waals surface area contributed by atoms with Crippen molar-refractivity contribution in [3.8, 4) is 0 Å². The second-order valence-corrected chi connectivity index (χ2v) is 7.70. The molecule has 2 aromatic heterocycles. The van der Waals surface area contributed by atoms with Crippen molar-refractivity contribution in [3.63, 3.8) is 0 Å². The van der Waals surface area contributed by atoms with Crippen LogP contribution in [0.4, 0.5) is 0 Å². The number of aryl methyl sites for hydroxylation is 3. The summed E-state index contributed by atoms with van der Waals surface area (Å²) in [6.45, 7) is 6.37. The van der Waals surface area contributed by atoms with Crippen molar-refractivity contribution in [3.05, 3.63) is 28.7 Å². The van der Waals surface area contributed by atoms with E-state index in [1.54, 1.807) is 11.6 Å². The molecule has 4 rings (SSSR count). The molecule has 2 aromatic rings. The Morgan fingerprint density at radius 2 is 2.12 bits per heavy atom. The lowest BCUT2D eigenvalue weighted by Gasteiger charge is -2.42. The summed E-state index contributed by atoms with van der Waals surface area (Å²) in [4.78, 5) is 19.9. The molecule has 3 heterocycles. The van der Waals surface area contributed by atoms with Crippen molar-refractivity contribution < 1.29 is 14.6 Å². The van der Waals surface area contributed by atoms with Gasteiger partial charge in [0.05, 0.1) is 23.4 Å². The minimum Gasteiger partial charge on any atom is -0.393 e. The van der Waals surface area contributed by atoms with Crippen LogP contribution in [0.3, 0.4) is 0 Å². The zero-order chi connectivity index (χ0) is 18.6. The standard InChI is InChI=1S/C19H26N4O3/c1-11-9-12(2)23-17(20-11)16(13(3)21-23)18(25)22-8-7-19(26-4)6-5-14(24)10-15(19)22/h9,14-15,24H,5-8,10H2,1-4H3/t14?,15?,19-/m1/s1. The van der Waals surface area contributed by atoms with Gasteiger partial charge in [0.2, 0.25) is 0 Å². The fourth-order valence-corrected chi connectivity index (χ4v) is 4.74. The van der Waals surface area contributed by atoms with Crippen LogP contribution in [-0.4, -0.2) is 61.9 Å². The van der Waals surface area contributed by atoms with Gasteiger partial charge in [-0.25, -0.2) is 9.50 Å². The highest BCUT2D eigenvalue weighted by molar-refractivity contribution is 6.01. The number of nitrogens with zero attached hydrogens (tertiary/aromatic N) is 4. The number of hydrogen-bond acceptors (Lipinski definition) is 5. The molecule has 0 radical (unpaired) electrons. The van der Waals surface area contributed by atoms with Gasteiger partial charge >= 0.3 is 0 Å². The summed E-state index contributed by atoms with van der Waals surface area (Å²) >= 11 is 0. The number of aromatic nitrogens is 3. The summed E-state index contributed by atoms with van der Waals surface area (Å²) in [6, 6.07) is 1.85. The van der Waals surface area contributed by atoms with E-state index in [-0.39, 0.29) is 23.7 Å². The van der Waals surface area contributed by atoms with Crippen LogP contribution < -0.4 is 0 Å². The summed E-state index contributed by atoms with van der Waals surface area (Å²) in [6.07, 6.45) is 2.48. The van der Waals surface area contributed by atoms with Gasteiger partial charge in [0, 0.05) is 25.0 Å². The molecule has 26 heavy (non-hydrogen) atoms. The Morgan fingerprint density at radius 3 is 2.85 bits per heavy atom. The van der Waals surface area contributed by atoms with Crippen LogP contribution in [0.15, 0.2) is 6.07 Å². The number of rotatable bonds is 2. The molecular weight excluding hydrogens is 332 g/mol. The van der Waals surface area contributed by atoms with Crippen molar-refractivity contribution in [2.24, 2.45) is 0 Å². The van der Waals surface area contributed by atoms with E-state index in [0.717, 1.165) is 30.7 Å². The molecule has 3 atom stereocenters. The highest BCUT2D eigenvalue weighted by Crippen LogP contribution is 2.43. The van der Waals surface area contributed by atoms with Crippen LogP contribution in [0, 0.1) is 20.8 Å². The normalized spacial score (nSPS) is 28.6. The Labute approximate surface area is 153 Å². The van der Waals surface area contributed by atoms with Crippen molar-refractivity contribution in [1.82, 2.24) is 19.5 Å².